The van der Waals surface area contributed by atoms with Gasteiger partial charge in [-0.25, -0.2) is 0 Å². The molecule has 1 radical (unpaired) electrons. The van der Waals surface area contributed by atoms with E-state index < -0.39 is 0 Å². The fraction of sp³-hybridized carbons (Fsp3) is 0.150. The van der Waals surface area contributed by atoms with Crippen molar-refractivity contribution in [3.8, 4) is 0 Å². The minimum absolute atomic E-state index is 0.572. The number of ether oxygens (including phenoxy) is 2. The second-order valence-corrected chi connectivity index (χ2v) is 5.17. The van der Waals surface area contributed by atoms with Gasteiger partial charge in [0.1, 0.15) is 24.7 Å². The summed E-state index contributed by atoms with van der Waals surface area (Å²) in [6.07, 6.45) is 6.86. The number of benzene rings is 2. The van der Waals surface area contributed by atoms with Crippen molar-refractivity contribution >= 4 is 0 Å². The fourth-order valence-electron chi connectivity index (χ4n) is 2.24. The lowest BCUT2D eigenvalue weighted by atomic mass is 10.1. The molecule has 0 atom stereocenters. The van der Waals surface area contributed by atoms with Crippen LogP contribution in [-0.4, -0.2) is 0 Å². The van der Waals surface area contributed by atoms with Crippen LogP contribution < -0.4 is 0 Å². The maximum Gasteiger partial charge on any atom is 0.119 e. The summed E-state index contributed by atoms with van der Waals surface area (Å²) in [5.74, 6) is 1.78. The van der Waals surface area contributed by atoms with Crippen LogP contribution in [0.15, 0.2) is 84.3 Å². The van der Waals surface area contributed by atoms with Gasteiger partial charge in [0.05, 0.1) is 0 Å². The number of allylic oxidation sites excluding steroid dienone is 3. The molecule has 1 aliphatic carbocycles. The monoisotopic (exact) mass is 291 g/mol. The van der Waals surface area contributed by atoms with E-state index in [1.165, 1.54) is 5.56 Å². The van der Waals surface area contributed by atoms with Crippen LogP contribution in [0.1, 0.15) is 17.5 Å². The highest BCUT2D eigenvalue weighted by atomic mass is 16.5. The van der Waals surface area contributed by atoms with Gasteiger partial charge in [0, 0.05) is 12.5 Å². The Kier molecular flexibility index (Phi) is 4.93. The van der Waals surface area contributed by atoms with Gasteiger partial charge in [-0.2, -0.15) is 0 Å². The third-order valence-corrected chi connectivity index (χ3v) is 3.42. The van der Waals surface area contributed by atoms with E-state index in [4.69, 9.17) is 9.47 Å². The van der Waals surface area contributed by atoms with Crippen molar-refractivity contribution in [2.24, 2.45) is 0 Å². The first-order valence-corrected chi connectivity index (χ1v) is 7.48. The van der Waals surface area contributed by atoms with Gasteiger partial charge in [0.25, 0.3) is 0 Å². The molecular weight excluding hydrogens is 272 g/mol. The topological polar surface area (TPSA) is 18.5 Å². The Bertz CT molecular complexity index is 642. The predicted molar refractivity (Wildman–Crippen MR) is 87.5 cm³/mol. The zero-order chi connectivity index (χ0) is 15.0. The Labute approximate surface area is 131 Å². The third-order valence-electron chi connectivity index (χ3n) is 3.42. The summed E-state index contributed by atoms with van der Waals surface area (Å²) in [5, 5.41) is 0. The normalized spacial score (nSPS) is 14.0. The molecule has 0 fully saturated rings. The molecule has 0 aromatic heterocycles. The van der Waals surface area contributed by atoms with E-state index in [1.807, 2.05) is 48.6 Å². The van der Waals surface area contributed by atoms with Gasteiger partial charge >= 0.3 is 0 Å². The van der Waals surface area contributed by atoms with E-state index in [0.29, 0.717) is 13.2 Å². The summed E-state index contributed by atoms with van der Waals surface area (Å²) in [6, 6.07) is 20.3. The zero-order valence-corrected chi connectivity index (χ0v) is 12.4. The van der Waals surface area contributed by atoms with Crippen molar-refractivity contribution in [2.45, 2.75) is 19.6 Å². The van der Waals surface area contributed by atoms with Gasteiger partial charge in [-0.1, -0.05) is 60.7 Å². The van der Waals surface area contributed by atoms with Crippen molar-refractivity contribution in [1.82, 2.24) is 0 Å². The predicted octanol–water partition coefficient (Wildman–Crippen LogP) is 4.80. The van der Waals surface area contributed by atoms with Crippen LogP contribution >= 0.6 is 0 Å². The van der Waals surface area contributed by atoms with E-state index in [1.54, 1.807) is 0 Å². The molecule has 3 rings (SSSR count). The second kappa shape index (κ2) is 7.51. The molecule has 1 aliphatic rings. The van der Waals surface area contributed by atoms with Crippen LogP contribution in [0.3, 0.4) is 0 Å². The van der Waals surface area contributed by atoms with Gasteiger partial charge in [-0.3, -0.25) is 0 Å². The summed E-state index contributed by atoms with van der Waals surface area (Å²) in [6.45, 7) is 1.16. The molecule has 2 aromatic carbocycles. The summed E-state index contributed by atoms with van der Waals surface area (Å²) < 4.78 is 11.7. The van der Waals surface area contributed by atoms with E-state index in [0.717, 1.165) is 23.5 Å². The van der Waals surface area contributed by atoms with Crippen molar-refractivity contribution in [3.63, 3.8) is 0 Å². The molecule has 22 heavy (non-hydrogen) atoms. The smallest absolute Gasteiger partial charge is 0.119 e. The van der Waals surface area contributed by atoms with Gasteiger partial charge in [0.2, 0.25) is 0 Å². The molecule has 0 saturated heterocycles. The maximum absolute atomic E-state index is 5.86. The molecule has 0 amide bonds. The van der Waals surface area contributed by atoms with Crippen LogP contribution in [0.2, 0.25) is 0 Å². The highest BCUT2D eigenvalue weighted by molar-refractivity contribution is 5.26. The van der Waals surface area contributed by atoms with Crippen molar-refractivity contribution < 1.29 is 9.47 Å². The highest BCUT2D eigenvalue weighted by Crippen LogP contribution is 2.20. The SMILES string of the molecule is [CH]1C=C(OCc2ccccc2)C=C(OCc2ccccc2)C1. The van der Waals surface area contributed by atoms with Crippen LogP contribution in [0.5, 0.6) is 0 Å². The van der Waals surface area contributed by atoms with E-state index in [-0.39, 0.29) is 0 Å². The molecule has 0 N–H and O–H groups in total. The van der Waals surface area contributed by atoms with Gasteiger partial charge in [-0.15, -0.1) is 0 Å². The summed E-state index contributed by atoms with van der Waals surface area (Å²) in [5.41, 5.74) is 2.33. The summed E-state index contributed by atoms with van der Waals surface area (Å²) >= 11 is 0. The lowest BCUT2D eigenvalue weighted by Gasteiger charge is -2.16. The van der Waals surface area contributed by atoms with Crippen molar-refractivity contribution in [2.75, 3.05) is 0 Å². The fourth-order valence-corrected chi connectivity index (χ4v) is 2.24. The van der Waals surface area contributed by atoms with Crippen LogP contribution in [-0.2, 0) is 22.7 Å². The zero-order valence-electron chi connectivity index (χ0n) is 12.4. The van der Waals surface area contributed by atoms with Crippen LogP contribution in [0.4, 0.5) is 0 Å². The summed E-state index contributed by atoms with van der Waals surface area (Å²) in [4.78, 5) is 0. The maximum atomic E-state index is 5.86. The van der Waals surface area contributed by atoms with Crippen LogP contribution in [0.25, 0.3) is 0 Å². The van der Waals surface area contributed by atoms with Gasteiger partial charge < -0.3 is 9.47 Å². The van der Waals surface area contributed by atoms with Crippen LogP contribution in [0, 0.1) is 6.42 Å². The largest absolute Gasteiger partial charge is 0.493 e. The Morgan fingerprint density at radius 1 is 0.727 bits per heavy atom. The molecule has 0 unspecified atom stereocenters. The Hall–Kier alpha value is -2.48. The highest BCUT2D eigenvalue weighted by Gasteiger charge is 2.08. The van der Waals surface area contributed by atoms with E-state index in [9.17, 15) is 0 Å². The Morgan fingerprint density at radius 3 is 1.95 bits per heavy atom. The standard InChI is InChI=1S/C20H19O2/c1-3-8-17(9-4-1)15-21-19-12-7-13-20(14-19)22-16-18-10-5-2-6-11-18/h1-12,14H,13,15-16H2. The number of hydrogen-bond donors (Lipinski definition) is 0. The lowest BCUT2D eigenvalue weighted by molar-refractivity contribution is 0.177. The van der Waals surface area contributed by atoms with Gasteiger partial charge in [-0.05, 0) is 23.6 Å². The van der Waals surface area contributed by atoms with Gasteiger partial charge in [0.15, 0.2) is 0 Å². The molecule has 0 aliphatic heterocycles. The van der Waals surface area contributed by atoms with Crippen molar-refractivity contribution in [3.05, 3.63) is 102 Å². The first kappa shape index (κ1) is 14.5. The molecule has 111 valence electrons. The first-order chi connectivity index (χ1) is 10.9. The molecule has 0 heterocycles. The average molecular weight is 291 g/mol. The molecule has 2 aromatic rings. The molecule has 2 nitrogen and oxygen atoms in total. The molecular formula is C20H19O2. The molecule has 0 spiro atoms. The molecule has 2 heteroatoms. The minimum atomic E-state index is 0.572. The summed E-state index contributed by atoms with van der Waals surface area (Å²) in [7, 11) is 0. The quantitative estimate of drug-likeness (QED) is 0.761. The Morgan fingerprint density at radius 2 is 1.32 bits per heavy atom. The number of rotatable bonds is 6. The first-order valence-electron chi connectivity index (χ1n) is 7.48. The van der Waals surface area contributed by atoms with E-state index >= 15 is 0 Å². The molecule has 0 saturated carbocycles. The third kappa shape index (κ3) is 4.26. The minimum Gasteiger partial charge on any atom is -0.493 e. The average Bonchev–Trinajstić information content (AvgIpc) is 2.60. The van der Waals surface area contributed by atoms with E-state index in [2.05, 4.69) is 30.7 Å². The number of hydrogen-bond acceptors (Lipinski definition) is 2. The second-order valence-electron chi connectivity index (χ2n) is 5.17. The molecule has 0 bridgehead atoms. The lowest BCUT2D eigenvalue weighted by Crippen LogP contribution is -2.01. The Balaban J connectivity index is 1.53. The van der Waals surface area contributed by atoms with Crippen molar-refractivity contribution in [1.29, 1.82) is 0 Å².